The summed E-state index contributed by atoms with van der Waals surface area (Å²) in [6, 6.07) is 16.9. The third kappa shape index (κ3) is 3.85. The van der Waals surface area contributed by atoms with Crippen molar-refractivity contribution in [3.63, 3.8) is 0 Å². The number of esters is 1. The predicted octanol–water partition coefficient (Wildman–Crippen LogP) is 5.05. The molecule has 5 heteroatoms. The molecule has 0 saturated carbocycles. The lowest BCUT2D eigenvalue weighted by atomic mass is 9.75. The molecular weight excluding hydrogens is 386 g/mol. The van der Waals surface area contributed by atoms with Gasteiger partial charge in [-0.15, -0.1) is 0 Å². The fraction of sp³-hybridized carbons (Fsp3) is 0.250. The van der Waals surface area contributed by atoms with Gasteiger partial charge in [0, 0.05) is 34.3 Å². The molecule has 0 amide bonds. The van der Waals surface area contributed by atoms with Crippen molar-refractivity contribution in [3.8, 4) is 0 Å². The predicted molar refractivity (Wildman–Crippen MR) is 112 cm³/mol. The number of hydrogen-bond acceptors (Lipinski definition) is 4. The SMILES string of the molecule is CC1=C(C(=O)OCc2ccccc2)C(c2ccccc2Cl)C2=C(CCCC2=O)N1. The normalized spacial score (nSPS) is 19.0. The molecule has 1 N–H and O–H groups in total. The first-order chi connectivity index (χ1) is 14.1. The number of rotatable bonds is 4. The topological polar surface area (TPSA) is 55.4 Å². The molecule has 1 unspecified atom stereocenters. The molecule has 2 aliphatic rings. The second-order valence-corrected chi connectivity index (χ2v) is 7.76. The molecular formula is C24H22ClNO3. The van der Waals surface area contributed by atoms with Gasteiger partial charge in [0.25, 0.3) is 0 Å². The Hall–Kier alpha value is -2.85. The maximum Gasteiger partial charge on any atom is 0.337 e. The zero-order valence-corrected chi connectivity index (χ0v) is 17.0. The number of nitrogens with one attached hydrogen (secondary N) is 1. The van der Waals surface area contributed by atoms with Crippen LogP contribution in [0.3, 0.4) is 0 Å². The molecule has 0 fully saturated rings. The second kappa shape index (κ2) is 8.26. The summed E-state index contributed by atoms with van der Waals surface area (Å²) < 4.78 is 5.63. The minimum Gasteiger partial charge on any atom is -0.457 e. The summed E-state index contributed by atoms with van der Waals surface area (Å²) in [6.07, 6.45) is 2.07. The number of dihydropyridines is 1. The highest BCUT2D eigenvalue weighted by atomic mass is 35.5. The van der Waals surface area contributed by atoms with Gasteiger partial charge >= 0.3 is 5.97 Å². The molecule has 1 aliphatic carbocycles. The van der Waals surface area contributed by atoms with Crippen molar-refractivity contribution in [2.45, 2.75) is 38.7 Å². The van der Waals surface area contributed by atoms with Crippen LogP contribution in [0.2, 0.25) is 5.02 Å². The Morgan fingerprint density at radius 2 is 1.83 bits per heavy atom. The first-order valence-electron chi connectivity index (χ1n) is 9.75. The van der Waals surface area contributed by atoms with Crippen molar-refractivity contribution in [1.29, 1.82) is 0 Å². The lowest BCUT2D eigenvalue weighted by molar-refractivity contribution is -0.140. The summed E-state index contributed by atoms with van der Waals surface area (Å²) >= 11 is 6.50. The van der Waals surface area contributed by atoms with E-state index in [0.717, 1.165) is 29.7 Å². The van der Waals surface area contributed by atoms with E-state index in [4.69, 9.17) is 16.3 Å². The van der Waals surface area contributed by atoms with Crippen LogP contribution >= 0.6 is 11.6 Å². The van der Waals surface area contributed by atoms with Gasteiger partial charge in [0.15, 0.2) is 5.78 Å². The number of benzene rings is 2. The molecule has 2 aromatic carbocycles. The van der Waals surface area contributed by atoms with Crippen molar-refractivity contribution >= 4 is 23.4 Å². The van der Waals surface area contributed by atoms with Gasteiger partial charge in [0.2, 0.25) is 0 Å². The van der Waals surface area contributed by atoms with Gasteiger partial charge < -0.3 is 10.1 Å². The Morgan fingerprint density at radius 3 is 2.59 bits per heavy atom. The molecule has 0 spiro atoms. The van der Waals surface area contributed by atoms with E-state index in [0.29, 0.717) is 28.3 Å². The van der Waals surface area contributed by atoms with Crippen LogP contribution < -0.4 is 5.32 Å². The van der Waals surface area contributed by atoms with Crippen LogP contribution in [0.4, 0.5) is 0 Å². The molecule has 0 aromatic heterocycles. The zero-order chi connectivity index (χ0) is 20.4. The van der Waals surface area contributed by atoms with Crippen LogP contribution in [0, 0.1) is 0 Å². The Kier molecular flexibility index (Phi) is 5.54. The van der Waals surface area contributed by atoms with Gasteiger partial charge in [0.1, 0.15) is 6.61 Å². The third-order valence-electron chi connectivity index (χ3n) is 5.42. The highest BCUT2D eigenvalue weighted by molar-refractivity contribution is 6.31. The average Bonchev–Trinajstić information content (AvgIpc) is 2.72. The van der Waals surface area contributed by atoms with Crippen LogP contribution in [0.15, 0.2) is 77.1 Å². The zero-order valence-electron chi connectivity index (χ0n) is 16.2. The Morgan fingerprint density at radius 1 is 1.10 bits per heavy atom. The first kappa shape index (κ1) is 19.5. The van der Waals surface area contributed by atoms with E-state index in [1.807, 2.05) is 55.5 Å². The first-order valence-corrected chi connectivity index (χ1v) is 10.1. The lowest BCUT2D eigenvalue weighted by Gasteiger charge is -2.34. The van der Waals surface area contributed by atoms with E-state index >= 15 is 0 Å². The maximum absolute atomic E-state index is 13.2. The van der Waals surface area contributed by atoms with E-state index in [1.165, 1.54) is 0 Å². The summed E-state index contributed by atoms with van der Waals surface area (Å²) in [6.45, 7) is 2.03. The minimum atomic E-state index is -0.518. The van der Waals surface area contributed by atoms with Crippen molar-refractivity contribution in [2.24, 2.45) is 0 Å². The number of ketones is 1. The molecule has 2 aromatic rings. The quantitative estimate of drug-likeness (QED) is 0.720. The van der Waals surface area contributed by atoms with Crippen LogP contribution in [0.25, 0.3) is 0 Å². The molecule has 4 rings (SSSR count). The van der Waals surface area contributed by atoms with E-state index in [-0.39, 0.29) is 12.4 Å². The van der Waals surface area contributed by atoms with Crippen LogP contribution in [-0.4, -0.2) is 11.8 Å². The average molecular weight is 408 g/mol. The van der Waals surface area contributed by atoms with Gasteiger partial charge in [-0.25, -0.2) is 4.79 Å². The van der Waals surface area contributed by atoms with Crippen molar-refractivity contribution in [2.75, 3.05) is 0 Å². The van der Waals surface area contributed by atoms with E-state index in [9.17, 15) is 9.59 Å². The molecule has 1 heterocycles. The molecule has 148 valence electrons. The van der Waals surface area contributed by atoms with Crippen LogP contribution in [0.5, 0.6) is 0 Å². The minimum absolute atomic E-state index is 0.0597. The molecule has 0 radical (unpaired) electrons. The monoisotopic (exact) mass is 407 g/mol. The molecule has 29 heavy (non-hydrogen) atoms. The third-order valence-corrected chi connectivity index (χ3v) is 5.77. The smallest absolute Gasteiger partial charge is 0.337 e. The van der Waals surface area contributed by atoms with E-state index < -0.39 is 11.9 Å². The Labute approximate surface area is 175 Å². The number of ether oxygens (including phenoxy) is 1. The standard InChI is InChI=1S/C24H22ClNO3/c1-15-21(24(28)29-14-16-8-3-2-4-9-16)22(17-10-5-6-11-18(17)25)23-19(26-15)12-7-13-20(23)27/h2-6,8-11,22,26H,7,12-14H2,1H3. The Bertz CT molecular complexity index is 1020. The van der Waals surface area contributed by atoms with Crippen LogP contribution in [0.1, 0.15) is 43.2 Å². The second-order valence-electron chi connectivity index (χ2n) is 7.35. The summed E-state index contributed by atoms with van der Waals surface area (Å²) in [5.74, 6) is -0.894. The lowest BCUT2D eigenvalue weighted by Crippen LogP contribution is -2.34. The summed E-state index contributed by atoms with van der Waals surface area (Å²) in [7, 11) is 0. The number of allylic oxidation sites excluding steroid dienone is 3. The van der Waals surface area contributed by atoms with Gasteiger partial charge in [-0.2, -0.15) is 0 Å². The fourth-order valence-corrected chi connectivity index (χ4v) is 4.32. The van der Waals surface area contributed by atoms with Gasteiger partial charge in [0.05, 0.1) is 5.57 Å². The van der Waals surface area contributed by atoms with Crippen LogP contribution in [-0.2, 0) is 20.9 Å². The van der Waals surface area contributed by atoms with Gasteiger partial charge in [-0.05, 0) is 37.0 Å². The fourth-order valence-electron chi connectivity index (χ4n) is 4.07. The molecule has 1 atom stereocenters. The summed E-state index contributed by atoms with van der Waals surface area (Å²) in [4.78, 5) is 26.0. The highest BCUT2D eigenvalue weighted by Gasteiger charge is 2.39. The van der Waals surface area contributed by atoms with Gasteiger partial charge in [-0.1, -0.05) is 60.1 Å². The number of carbonyl (C=O) groups is 2. The molecule has 1 aliphatic heterocycles. The van der Waals surface area contributed by atoms with Crippen molar-refractivity contribution in [1.82, 2.24) is 5.32 Å². The number of hydrogen-bond donors (Lipinski definition) is 1. The number of halogens is 1. The number of Topliss-reactive ketones (excluding diaryl/α,β-unsaturated/α-hetero) is 1. The van der Waals surface area contributed by atoms with E-state index in [2.05, 4.69) is 5.32 Å². The van der Waals surface area contributed by atoms with Crippen molar-refractivity contribution < 1.29 is 14.3 Å². The highest BCUT2D eigenvalue weighted by Crippen LogP contribution is 2.44. The van der Waals surface area contributed by atoms with E-state index in [1.54, 1.807) is 6.07 Å². The molecule has 0 bridgehead atoms. The summed E-state index contributed by atoms with van der Waals surface area (Å²) in [5, 5.41) is 3.82. The molecule has 4 nitrogen and oxygen atoms in total. The summed E-state index contributed by atoms with van der Waals surface area (Å²) in [5.41, 5.74) is 4.35. The van der Waals surface area contributed by atoms with Crippen molar-refractivity contribution in [3.05, 3.63) is 93.3 Å². The maximum atomic E-state index is 13.2. The molecule has 0 saturated heterocycles. The van der Waals surface area contributed by atoms with Gasteiger partial charge in [-0.3, -0.25) is 4.79 Å². The Balaban J connectivity index is 1.73. The number of carbonyl (C=O) groups excluding carboxylic acids is 2. The largest absolute Gasteiger partial charge is 0.457 e.